The molecule has 1 amide bonds. The van der Waals surface area contributed by atoms with Gasteiger partial charge in [-0.05, 0) is 49.2 Å². The van der Waals surface area contributed by atoms with Gasteiger partial charge in [0.05, 0.1) is 4.91 Å². The second-order valence-electron chi connectivity index (χ2n) is 6.59. The molecule has 4 rings (SSSR count). The molecule has 30 heavy (non-hydrogen) atoms. The third-order valence-electron chi connectivity index (χ3n) is 4.75. The summed E-state index contributed by atoms with van der Waals surface area (Å²) in [6, 6.07) is 12.9. The molecule has 3 heterocycles. The molecule has 6 nitrogen and oxygen atoms in total. The molecule has 0 atom stereocenters. The Hall–Kier alpha value is -2.97. The van der Waals surface area contributed by atoms with Crippen LogP contribution in [0.15, 0.2) is 58.4 Å². The van der Waals surface area contributed by atoms with Gasteiger partial charge in [-0.25, -0.2) is 0 Å². The van der Waals surface area contributed by atoms with Crippen molar-refractivity contribution in [3.05, 3.63) is 75.0 Å². The first-order chi connectivity index (χ1) is 14.5. The molecule has 1 saturated heterocycles. The fourth-order valence-electron chi connectivity index (χ4n) is 3.09. The fraction of sp³-hybridized carbons (Fsp3) is 0.182. The van der Waals surface area contributed by atoms with Crippen molar-refractivity contribution < 1.29 is 9.53 Å². The van der Waals surface area contributed by atoms with E-state index in [-0.39, 0.29) is 22.9 Å². The molecule has 152 valence electrons. The standard InChI is InChI=1S/C22H19N3O3S2/c1-3-14-8-10-15(11-9-14)28-19-16(13-17-21(27)24(4-2)22(29)30-17)20(26)25-12-6-5-7-18(25)23-19/h5-13H,3-4H2,1-2H3/b17-13+. The quantitative estimate of drug-likeness (QED) is 0.439. The summed E-state index contributed by atoms with van der Waals surface area (Å²) in [7, 11) is 0. The molecule has 3 aromatic rings. The molecule has 0 N–H and O–H groups in total. The second kappa shape index (κ2) is 8.41. The third-order valence-corrected chi connectivity index (χ3v) is 6.12. The number of carbonyl (C=O) groups excluding carboxylic acids is 1. The first-order valence-corrected chi connectivity index (χ1v) is 10.8. The Morgan fingerprint density at radius 2 is 1.90 bits per heavy atom. The summed E-state index contributed by atoms with van der Waals surface area (Å²) in [5, 5.41) is 0. The fourth-order valence-corrected chi connectivity index (χ4v) is 4.46. The van der Waals surface area contributed by atoms with Crippen molar-refractivity contribution in [3.8, 4) is 11.6 Å². The summed E-state index contributed by atoms with van der Waals surface area (Å²) in [5.74, 6) is 0.496. The Morgan fingerprint density at radius 1 is 1.13 bits per heavy atom. The number of nitrogens with zero attached hydrogens (tertiary/aromatic N) is 3. The van der Waals surface area contributed by atoms with Crippen molar-refractivity contribution in [2.45, 2.75) is 20.3 Å². The number of pyridine rings is 1. The summed E-state index contributed by atoms with van der Waals surface area (Å²) in [4.78, 5) is 32.3. The van der Waals surface area contributed by atoms with Crippen LogP contribution in [0.1, 0.15) is 25.0 Å². The van der Waals surface area contributed by atoms with E-state index in [1.165, 1.54) is 32.7 Å². The van der Waals surface area contributed by atoms with E-state index < -0.39 is 0 Å². The number of thiocarbonyl (C=S) groups is 1. The van der Waals surface area contributed by atoms with Gasteiger partial charge in [-0.15, -0.1) is 0 Å². The van der Waals surface area contributed by atoms with Crippen LogP contribution in [-0.2, 0) is 11.2 Å². The summed E-state index contributed by atoms with van der Waals surface area (Å²) < 4.78 is 7.89. The van der Waals surface area contributed by atoms with Gasteiger partial charge in [-0.3, -0.25) is 18.9 Å². The topological polar surface area (TPSA) is 63.9 Å². The van der Waals surface area contributed by atoms with Gasteiger partial charge in [0.25, 0.3) is 11.5 Å². The molecule has 0 bridgehead atoms. The number of thioether (sulfide) groups is 1. The van der Waals surface area contributed by atoms with Crippen LogP contribution < -0.4 is 10.3 Å². The minimum absolute atomic E-state index is 0.150. The maximum atomic E-state index is 13.2. The zero-order chi connectivity index (χ0) is 21.3. The number of aromatic nitrogens is 2. The molecule has 8 heteroatoms. The molecule has 1 aliphatic rings. The van der Waals surface area contributed by atoms with Crippen LogP contribution >= 0.6 is 24.0 Å². The Bertz CT molecular complexity index is 1230. The summed E-state index contributed by atoms with van der Waals surface area (Å²) >= 11 is 6.45. The van der Waals surface area contributed by atoms with Crippen molar-refractivity contribution >= 4 is 45.9 Å². The lowest BCUT2D eigenvalue weighted by molar-refractivity contribution is -0.121. The number of benzene rings is 1. The third kappa shape index (κ3) is 3.76. The molecule has 0 spiro atoms. The Kier molecular flexibility index (Phi) is 5.69. The van der Waals surface area contributed by atoms with Crippen LogP contribution in [0.5, 0.6) is 11.6 Å². The monoisotopic (exact) mass is 437 g/mol. The largest absolute Gasteiger partial charge is 0.438 e. The zero-order valence-electron chi connectivity index (χ0n) is 16.5. The lowest BCUT2D eigenvalue weighted by Crippen LogP contribution is -2.27. The van der Waals surface area contributed by atoms with Crippen molar-refractivity contribution in [1.82, 2.24) is 14.3 Å². The van der Waals surface area contributed by atoms with Crippen LogP contribution in [-0.4, -0.2) is 31.1 Å². The van der Waals surface area contributed by atoms with E-state index in [2.05, 4.69) is 11.9 Å². The van der Waals surface area contributed by atoms with Gasteiger partial charge in [0.15, 0.2) is 0 Å². The van der Waals surface area contributed by atoms with Crippen LogP contribution in [0, 0.1) is 0 Å². The van der Waals surface area contributed by atoms with Gasteiger partial charge in [0.2, 0.25) is 5.88 Å². The summed E-state index contributed by atoms with van der Waals surface area (Å²) in [6.45, 7) is 4.41. The predicted molar refractivity (Wildman–Crippen MR) is 123 cm³/mol. The number of hydrogen-bond donors (Lipinski definition) is 0. The van der Waals surface area contributed by atoms with Crippen molar-refractivity contribution in [1.29, 1.82) is 0 Å². The first-order valence-electron chi connectivity index (χ1n) is 9.55. The highest BCUT2D eigenvalue weighted by Gasteiger charge is 2.31. The van der Waals surface area contributed by atoms with E-state index in [1.54, 1.807) is 24.4 Å². The Morgan fingerprint density at radius 3 is 2.57 bits per heavy atom. The smallest absolute Gasteiger partial charge is 0.269 e. The van der Waals surface area contributed by atoms with Gasteiger partial charge >= 0.3 is 0 Å². The summed E-state index contributed by atoms with van der Waals surface area (Å²) in [6.07, 6.45) is 4.08. The molecule has 0 saturated carbocycles. The molecular formula is C22H19N3O3S2. The first kappa shape index (κ1) is 20.3. The number of carbonyl (C=O) groups is 1. The Balaban J connectivity index is 1.84. The van der Waals surface area contributed by atoms with E-state index in [0.717, 1.165) is 6.42 Å². The number of ether oxygens (including phenoxy) is 1. The maximum Gasteiger partial charge on any atom is 0.269 e. The number of amides is 1. The molecule has 0 unspecified atom stereocenters. The van der Waals surface area contributed by atoms with Gasteiger partial charge in [-0.1, -0.05) is 49.1 Å². The lowest BCUT2D eigenvalue weighted by atomic mass is 10.2. The average Bonchev–Trinajstić information content (AvgIpc) is 3.03. The van der Waals surface area contributed by atoms with Gasteiger partial charge in [-0.2, -0.15) is 4.98 Å². The normalized spacial score (nSPS) is 15.4. The van der Waals surface area contributed by atoms with E-state index >= 15 is 0 Å². The molecule has 0 radical (unpaired) electrons. The number of aryl methyl sites for hydroxylation is 1. The van der Waals surface area contributed by atoms with Crippen LogP contribution in [0.2, 0.25) is 0 Å². The lowest BCUT2D eigenvalue weighted by Gasteiger charge is -2.11. The number of rotatable bonds is 5. The van der Waals surface area contributed by atoms with Crippen LogP contribution in [0.25, 0.3) is 11.7 Å². The van der Waals surface area contributed by atoms with Gasteiger partial charge < -0.3 is 4.74 Å². The van der Waals surface area contributed by atoms with E-state index in [1.807, 2.05) is 31.2 Å². The van der Waals surface area contributed by atoms with Crippen LogP contribution in [0.4, 0.5) is 0 Å². The molecule has 1 aliphatic heterocycles. The van der Waals surface area contributed by atoms with E-state index in [9.17, 15) is 9.59 Å². The number of likely N-dealkylation sites (N-methyl/N-ethyl adjacent to an activating group) is 1. The van der Waals surface area contributed by atoms with E-state index in [0.29, 0.717) is 27.2 Å². The Labute approximate surface area is 183 Å². The molecule has 1 aromatic carbocycles. The highest BCUT2D eigenvalue weighted by molar-refractivity contribution is 8.26. The van der Waals surface area contributed by atoms with Crippen molar-refractivity contribution in [2.24, 2.45) is 0 Å². The average molecular weight is 438 g/mol. The van der Waals surface area contributed by atoms with Gasteiger partial charge in [0.1, 0.15) is 21.3 Å². The molecule has 1 fully saturated rings. The highest BCUT2D eigenvalue weighted by atomic mass is 32.2. The zero-order valence-corrected chi connectivity index (χ0v) is 18.1. The maximum absolute atomic E-state index is 13.2. The summed E-state index contributed by atoms with van der Waals surface area (Å²) in [5.41, 5.74) is 1.52. The van der Waals surface area contributed by atoms with Crippen molar-refractivity contribution in [2.75, 3.05) is 6.54 Å². The van der Waals surface area contributed by atoms with E-state index in [4.69, 9.17) is 17.0 Å². The highest BCUT2D eigenvalue weighted by Crippen LogP contribution is 2.33. The minimum atomic E-state index is -0.317. The minimum Gasteiger partial charge on any atom is -0.438 e. The van der Waals surface area contributed by atoms with Gasteiger partial charge in [0, 0.05) is 12.7 Å². The number of fused-ring (bicyclic) bond motifs is 1. The van der Waals surface area contributed by atoms with Crippen LogP contribution in [0.3, 0.4) is 0 Å². The van der Waals surface area contributed by atoms with Crippen molar-refractivity contribution in [3.63, 3.8) is 0 Å². The number of hydrogen-bond acceptors (Lipinski definition) is 6. The second-order valence-corrected chi connectivity index (χ2v) is 8.27. The molecule has 2 aromatic heterocycles. The SMILES string of the molecule is CCc1ccc(Oc2nc3ccccn3c(=O)c2/C=C2/SC(=S)N(CC)C2=O)cc1. The molecule has 0 aliphatic carbocycles. The predicted octanol–water partition coefficient (Wildman–Crippen LogP) is 4.27. The molecular weight excluding hydrogens is 418 g/mol.